The minimum Gasteiger partial charge on any atom is -0.497 e. The predicted octanol–water partition coefficient (Wildman–Crippen LogP) is 4.18. The maximum atomic E-state index is 5.88. The second-order valence-corrected chi connectivity index (χ2v) is 5.23. The Balaban J connectivity index is 2.14. The first-order valence-corrected chi connectivity index (χ1v) is 7.54. The van der Waals surface area contributed by atoms with Crippen molar-refractivity contribution < 1.29 is 9.47 Å². The Labute approximate surface area is 128 Å². The van der Waals surface area contributed by atoms with Crippen molar-refractivity contribution >= 4 is 15.9 Å². The first-order chi connectivity index (χ1) is 9.62. The number of ether oxygens (including phenoxy) is 2. The van der Waals surface area contributed by atoms with Gasteiger partial charge in [-0.3, -0.25) is 4.98 Å². The summed E-state index contributed by atoms with van der Waals surface area (Å²) < 4.78 is 11.1. The van der Waals surface area contributed by atoms with Crippen molar-refractivity contribution in [2.75, 3.05) is 7.11 Å². The van der Waals surface area contributed by atoms with E-state index in [-0.39, 0.29) is 0 Å². The van der Waals surface area contributed by atoms with Gasteiger partial charge in [0.1, 0.15) is 18.1 Å². The molecule has 1 aromatic heterocycles. The highest BCUT2D eigenvalue weighted by molar-refractivity contribution is 9.08. The van der Waals surface area contributed by atoms with Crippen LogP contribution in [0.25, 0.3) is 0 Å². The second kappa shape index (κ2) is 6.75. The molecule has 2 rings (SSSR count). The van der Waals surface area contributed by atoms with Gasteiger partial charge < -0.3 is 9.47 Å². The third kappa shape index (κ3) is 3.73. The van der Waals surface area contributed by atoms with Crippen molar-refractivity contribution in [1.29, 1.82) is 0 Å². The standard InChI is InChI=1S/C16H18BrNO2/c1-11-4-5-16(13(6-11)9-17)20-10-14-8-15(19-3)7-12(2)18-14/h4-8H,9-10H2,1-3H3. The van der Waals surface area contributed by atoms with Crippen LogP contribution in [0.15, 0.2) is 30.3 Å². The topological polar surface area (TPSA) is 31.4 Å². The van der Waals surface area contributed by atoms with Gasteiger partial charge in [0.15, 0.2) is 0 Å². The van der Waals surface area contributed by atoms with E-state index in [1.165, 1.54) is 5.56 Å². The number of halogens is 1. The molecule has 20 heavy (non-hydrogen) atoms. The molecule has 0 spiro atoms. The highest BCUT2D eigenvalue weighted by atomic mass is 79.9. The van der Waals surface area contributed by atoms with Crippen LogP contribution in [0.1, 0.15) is 22.5 Å². The molecule has 0 N–H and O–H groups in total. The van der Waals surface area contributed by atoms with Crippen molar-refractivity contribution in [3.8, 4) is 11.5 Å². The zero-order valence-corrected chi connectivity index (χ0v) is 13.5. The number of methoxy groups -OCH3 is 1. The number of hydrogen-bond donors (Lipinski definition) is 0. The Morgan fingerprint density at radius 2 is 1.95 bits per heavy atom. The number of aryl methyl sites for hydroxylation is 2. The number of hydrogen-bond acceptors (Lipinski definition) is 3. The highest BCUT2D eigenvalue weighted by Gasteiger charge is 2.06. The molecule has 0 amide bonds. The molecule has 1 heterocycles. The lowest BCUT2D eigenvalue weighted by Gasteiger charge is -2.11. The number of benzene rings is 1. The molecule has 0 radical (unpaired) electrons. The Kier molecular flexibility index (Phi) is 5.01. The fourth-order valence-electron chi connectivity index (χ4n) is 2.00. The van der Waals surface area contributed by atoms with Crippen LogP contribution >= 0.6 is 15.9 Å². The van der Waals surface area contributed by atoms with Crippen molar-refractivity contribution in [3.63, 3.8) is 0 Å². The second-order valence-electron chi connectivity index (χ2n) is 4.67. The van der Waals surface area contributed by atoms with Crippen LogP contribution in [0.3, 0.4) is 0 Å². The number of alkyl halides is 1. The number of aromatic nitrogens is 1. The van der Waals surface area contributed by atoms with Crippen LogP contribution in [-0.2, 0) is 11.9 Å². The van der Waals surface area contributed by atoms with Gasteiger partial charge in [0.2, 0.25) is 0 Å². The van der Waals surface area contributed by atoms with E-state index in [4.69, 9.17) is 9.47 Å². The van der Waals surface area contributed by atoms with Crippen LogP contribution in [-0.4, -0.2) is 12.1 Å². The minimum absolute atomic E-state index is 0.432. The van der Waals surface area contributed by atoms with E-state index in [9.17, 15) is 0 Å². The molecule has 0 aliphatic heterocycles. The summed E-state index contributed by atoms with van der Waals surface area (Å²) in [5.41, 5.74) is 4.15. The van der Waals surface area contributed by atoms with Crippen LogP contribution in [0.4, 0.5) is 0 Å². The zero-order chi connectivity index (χ0) is 14.5. The minimum atomic E-state index is 0.432. The SMILES string of the molecule is COc1cc(C)nc(COc2ccc(C)cc2CBr)c1. The summed E-state index contributed by atoms with van der Waals surface area (Å²) in [5.74, 6) is 1.69. The lowest BCUT2D eigenvalue weighted by molar-refractivity contribution is 0.297. The highest BCUT2D eigenvalue weighted by Crippen LogP contribution is 2.24. The smallest absolute Gasteiger partial charge is 0.130 e. The van der Waals surface area contributed by atoms with Crippen molar-refractivity contribution in [3.05, 3.63) is 52.8 Å². The van der Waals surface area contributed by atoms with Crippen molar-refractivity contribution in [1.82, 2.24) is 4.98 Å². The van der Waals surface area contributed by atoms with E-state index in [0.29, 0.717) is 6.61 Å². The molecule has 0 aliphatic carbocycles. The van der Waals surface area contributed by atoms with Gasteiger partial charge in [0.25, 0.3) is 0 Å². The summed E-state index contributed by atoms with van der Waals surface area (Å²) in [4.78, 5) is 4.45. The molecule has 0 atom stereocenters. The largest absolute Gasteiger partial charge is 0.497 e. The van der Waals surface area contributed by atoms with Gasteiger partial charge in [-0.1, -0.05) is 33.6 Å². The summed E-state index contributed by atoms with van der Waals surface area (Å²) in [6.45, 7) is 4.45. The van der Waals surface area contributed by atoms with E-state index >= 15 is 0 Å². The molecule has 0 unspecified atom stereocenters. The van der Waals surface area contributed by atoms with E-state index in [0.717, 1.165) is 33.8 Å². The molecule has 106 valence electrons. The van der Waals surface area contributed by atoms with Gasteiger partial charge in [-0.2, -0.15) is 0 Å². The van der Waals surface area contributed by atoms with Crippen LogP contribution in [0, 0.1) is 13.8 Å². The lowest BCUT2D eigenvalue weighted by atomic mass is 10.1. The molecular weight excluding hydrogens is 318 g/mol. The van der Waals surface area contributed by atoms with Gasteiger partial charge in [-0.05, 0) is 19.9 Å². The number of rotatable bonds is 5. The van der Waals surface area contributed by atoms with Gasteiger partial charge in [-0.15, -0.1) is 0 Å². The Morgan fingerprint density at radius 1 is 1.15 bits per heavy atom. The number of nitrogens with zero attached hydrogens (tertiary/aromatic N) is 1. The average molecular weight is 336 g/mol. The van der Waals surface area contributed by atoms with Gasteiger partial charge in [-0.25, -0.2) is 0 Å². The van der Waals surface area contributed by atoms with E-state index in [1.54, 1.807) is 7.11 Å². The first-order valence-electron chi connectivity index (χ1n) is 6.42. The van der Waals surface area contributed by atoms with E-state index in [2.05, 4.69) is 33.9 Å². The van der Waals surface area contributed by atoms with E-state index in [1.807, 2.05) is 31.2 Å². The molecule has 0 bridgehead atoms. The summed E-state index contributed by atoms with van der Waals surface area (Å²) in [6.07, 6.45) is 0. The predicted molar refractivity (Wildman–Crippen MR) is 83.7 cm³/mol. The molecule has 0 fully saturated rings. The first kappa shape index (κ1) is 14.9. The lowest BCUT2D eigenvalue weighted by Crippen LogP contribution is -2.02. The maximum absolute atomic E-state index is 5.88. The Morgan fingerprint density at radius 3 is 2.65 bits per heavy atom. The van der Waals surface area contributed by atoms with Crippen molar-refractivity contribution in [2.45, 2.75) is 25.8 Å². The molecule has 3 nitrogen and oxygen atoms in total. The quantitative estimate of drug-likeness (QED) is 0.768. The monoisotopic (exact) mass is 335 g/mol. The maximum Gasteiger partial charge on any atom is 0.130 e. The zero-order valence-electron chi connectivity index (χ0n) is 11.9. The Bertz CT molecular complexity index is 599. The average Bonchev–Trinajstić information content (AvgIpc) is 2.45. The van der Waals surface area contributed by atoms with Crippen LogP contribution in [0.2, 0.25) is 0 Å². The summed E-state index contributed by atoms with van der Waals surface area (Å²) in [6, 6.07) is 9.97. The van der Waals surface area contributed by atoms with Gasteiger partial charge in [0, 0.05) is 28.7 Å². The van der Waals surface area contributed by atoms with Crippen LogP contribution in [0.5, 0.6) is 11.5 Å². The van der Waals surface area contributed by atoms with Crippen molar-refractivity contribution in [2.24, 2.45) is 0 Å². The molecular formula is C16H18BrNO2. The normalized spacial score (nSPS) is 10.4. The summed E-state index contributed by atoms with van der Waals surface area (Å²) in [7, 11) is 1.66. The summed E-state index contributed by atoms with van der Waals surface area (Å²) >= 11 is 3.49. The van der Waals surface area contributed by atoms with E-state index < -0.39 is 0 Å². The Hall–Kier alpha value is -1.55. The molecule has 1 aromatic carbocycles. The third-order valence-corrected chi connectivity index (χ3v) is 3.56. The fraction of sp³-hybridized carbons (Fsp3) is 0.312. The fourth-order valence-corrected chi connectivity index (χ4v) is 2.44. The van der Waals surface area contributed by atoms with Gasteiger partial charge >= 0.3 is 0 Å². The molecule has 4 heteroatoms. The van der Waals surface area contributed by atoms with Gasteiger partial charge in [0.05, 0.1) is 12.8 Å². The molecule has 0 aliphatic rings. The third-order valence-electron chi connectivity index (χ3n) is 2.95. The molecule has 0 saturated carbocycles. The molecule has 2 aromatic rings. The molecule has 0 saturated heterocycles. The summed E-state index contributed by atoms with van der Waals surface area (Å²) in [5, 5.41) is 0.772. The number of pyridine rings is 1. The van der Waals surface area contributed by atoms with Crippen LogP contribution < -0.4 is 9.47 Å².